The summed E-state index contributed by atoms with van der Waals surface area (Å²) in [4.78, 5) is 2.57. The summed E-state index contributed by atoms with van der Waals surface area (Å²) < 4.78 is 6.34. The lowest BCUT2D eigenvalue weighted by atomic mass is 9.82. The van der Waals surface area contributed by atoms with E-state index < -0.39 is 0 Å². The zero-order valence-electron chi connectivity index (χ0n) is 14.2. The molecule has 1 saturated carbocycles. The lowest BCUT2D eigenvalue weighted by molar-refractivity contribution is -0.0792. The maximum absolute atomic E-state index is 10.1. The molecule has 0 bridgehead atoms. The van der Waals surface area contributed by atoms with Crippen LogP contribution in [0, 0.1) is 17.8 Å². The van der Waals surface area contributed by atoms with Crippen LogP contribution in [0.4, 0.5) is 0 Å². The molecule has 4 heteroatoms. The molecule has 5 unspecified atom stereocenters. The second-order valence-electron chi connectivity index (χ2n) is 8.47. The van der Waals surface area contributed by atoms with E-state index in [0.29, 0.717) is 23.8 Å². The van der Waals surface area contributed by atoms with Crippen LogP contribution in [0.5, 0.6) is 0 Å². The standard InChI is InChI=1S/C17H32N2O2/c1-16(2)13(15(18-5)17(3,4)21-16)10-19-8-11-6-7-14(20)12(11)9-19/h11-15,18,20H,6-10H2,1-5H3. The normalized spacial score (nSPS) is 45.1. The van der Waals surface area contributed by atoms with Crippen molar-refractivity contribution in [3.8, 4) is 0 Å². The van der Waals surface area contributed by atoms with Gasteiger partial charge >= 0.3 is 0 Å². The average Bonchev–Trinajstić information content (AvgIpc) is 2.94. The lowest BCUT2D eigenvalue weighted by Gasteiger charge is -2.33. The molecule has 0 aromatic carbocycles. The van der Waals surface area contributed by atoms with Gasteiger partial charge in [0, 0.05) is 37.5 Å². The Kier molecular flexibility index (Phi) is 3.89. The van der Waals surface area contributed by atoms with Gasteiger partial charge in [-0.15, -0.1) is 0 Å². The number of fused-ring (bicyclic) bond motifs is 1. The van der Waals surface area contributed by atoms with Crippen LogP contribution in [0.15, 0.2) is 0 Å². The molecule has 3 rings (SSSR count). The molecule has 3 aliphatic rings. The fourth-order valence-corrected chi connectivity index (χ4v) is 5.33. The minimum Gasteiger partial charge on any atom is -0.393 e. The van der Waals surface area contributed by atoms with E-state index in [9.17, 15) is 5.11 Å². The average molecular weight is 296 g/mol. The van der Waals surface area contributed by atoms with E-state index in [1.54, 1.807) is 0 Å². The first kappa shape index (κ1) is 15.7. The highest BCUT2D eigenvalue weighted by Gasteiger charge is 2.54. The molecule has 0 amide bonds. The van der Waals surface area contributed by atoms with Crippen LogP contribution in [0.3, 0.4) is 0 Å². The number of nitrogens with zero attached hydrogens (tertiary/aromatic N) is 1. The van der Waals surface area contributed by atoms with Gasteiger partial charge in [-0.05, 0) is 53.5 Å². The second-order valence-corrected chi connectivity index (χ2v) is 8.47. The molecule has 21 heavy (non-hydrogen) atoms. The minimum absolute atomic E-state index is 0.0654. The molecule has 0 aromatic heterocycles. The van der Waals surface area contributed by atoms with Crippen molar-refractivity contribution in [3.63, 3.8) is 0 Å². The van der Waals surface area contributed by atoms with Crippen molar-refractivity contribution in [1.82, 2.24) is 10.2 Å². The van der Waals surface area contributed by atoms with Crippen molar-refractivity contribution in [1.29, 1.82) is 0 Å². The zero-order valence-corrected chi connectivity index (χ0v) is 14.2. The predicted molar refractivity (Wildman–Crippen MR) is 84.2 cm³/mol. The highest BCUT2D eigenvalue weighted by atomic mass is 16.5. The van der Waals surface area contributed by atoms with Crippen LogP contribution in [0.25, 0.3) is 0 Å². The molecule has 2 heterocycles. The Morgan fingerprint density at radius 3 is 2.48 bits per heavy atom. The van der Waals surface area contributed by atoms with Crippen molar-refractivity contribution < 1.29 is 9.84 Å². The first-order chi connectivity index (χ1) is 9.74. The minimum atomic E-state index is -0.127. The summed E-state index contributed by atoms with van der Waals surface area (Å²) >= 11 is 0. The van der Waals surface area contributed by atoms with E-state index in [4.69, 9.17) is 4.74 Å². The Bertz CT molecular complexity index is 396. The topological polar surface area (TPSA) is 44.7 Å². The zero-order chi connectivity index (χ0) is 15.4. The Hall–Kier alpha value is -0.160. The molecule has 122 valence electrons. The molecule has 2 aliphatic heterocycles. The van der Waals surface area contributed by atoms with Crippen LogP contribution >= 0.6 is 0 Å². The van der Waals surface area contributed by atoms with E-state index in [0.717, 1.165) is 26.1 Å². The maximum Gasteiger partial charge on any atom is 0.0790 e. The van der Waals surface area contributed by atoms with E-state index in [1.807, 2.05) is 7.05 Å². The van der Waals surface area contributed by atoms with Crippen molar-refractivity contribution in [2.24, 2.45) is 17.8 Å². The van der Waals surface area contributed by atoms with Gasteiger partial charge in [0.05, 0.1) is 17.3 Å². The molecule has 4 nitrogen and oxygen atoms in total. The molecule has 1 aliphatic carbocycles. The summed E-state index contributed by atoms with van der Waals surface area (Å²) in [7, 11) is 2.05. The van der Waals surface area contributed by atoms with Crippen molar-refractivity contribution in [3.05, 3.63) is 0 Å². The Labute approximate surface area is 129 Å². The third-order valence-corrected chi connectivity index (χ3v) is 6.23. The summed E-state index contributed by atoms with van der Waals surface area (Å²) in [6.45, 7) is 12.1. The molecule has 0 aromatic rings. The summed E-state index contributed by atoms with van der Waals surface area (Å²) in [5, 5.41) is 13.6. The van der Waals surface area contributed by atoms with Gasteiger partial charge in [-0.25, -0.2) is 0 Å². The lowest BCUT2D eigenvalue weighted by Crippen LogP contribution is -2.49. The van der Waals surface area contributed by atoms with Gasteiger partial charge in [0.1, 0.15) is 0 Å². The van der Waals surface area contributed by atoms with E-state index in [1.165, 1.54) is 6.42 Å². The third-order valence-electron chi connectivity index (χ3n) is 6.23. The quantitative estimate of drug-likeness (QED) is 0.828. The SMILES string of the molecule is CNC1C(CN2CC3CCC(O)C3C2)C(C)(C)OC1(C)C. The monoisotopic (exact) mass is 296 g/mol. The summed E-state index contributed by atoms with van der Waals surface area (Å²) in [5.41, 5.74) is -0.231. The van der Waals surface area contributed by atoms with E-state index in [2.05, 4.69) is 37.9 Å². The van der Waals surface area contributed by atoms with Gasteiger partial charge in [-0.2, -0.15) is 0 Å². The molecule has 2 N–H and O–H groups in total. The smallest absolute Gasteiger partial charge is 0.0790 e. The van der Waals surface area contributed by atoms with Crippen LogP contribution < -0.4 is 5.32 Å². The number of hydrogen-bond acceptors (Lipinski definition) is 4. The molecule has 0 radical (unpaired) electrons. The molecule has 5 atom stereocenters. The number of likely N-dealkylation sites (tertiary alicyclic amines) is 1. The number of likely N-dealkylation sites (N-methyl/N-ethyl adjacent to an activating group) is 1. The van der Waals surface area contributed by atoms with Gasteiger partial charge < -0.3 is 20.1 Å². The highest BCUT2D eigenvalue weighted by Crippen LogP contribution is 2.44. The number of aliphatic hydroxyl groups is 1. The molecule has 0 spiro atoms. The fraction of sp³-hybridized carbons (Fsp3) is 1.00. The van der Waals surface area contributed by atoms with Gasteiger partial charge in [0.25, 0.3) is 0 Å². The van der Waals surface area contributed by atoms with Crippen LogP contribution in [0.2, 0.25) is 0 Å². The molecular weight excluding hydrogens is 264 g/mol. The highest BCUT2D eigenvalue weighted by molar-refractivity contribution is 5.06. The Morgan fingerprint density at radius 1 is 1.14 bits per heavy atom. The van der Waals surface area contributed by atoms with Gasteiger partial charge in [-0.3, -0.25) is 0 Å². The largest absolute Gasteiger partial charge is 0.393 e. The van der Waals surface area contributed by atoms with Crippen molar-refractivity contribution >= 4 is 0 Å². The van der Waals surface area contributed by atoms with Crippen molar-refractivity contribution in [2.45, 2.75) is 63.9 Å². The number of ether oxygens (including phenoxy) is 1. The van der Waals surface area contributed by atoms with Crippen LogP contribution in [0.1, 0.15) is 40.5 Å². The Balaban J connectivity index is 1.69. The number of nitrogens with one attached hydrogen (secondary N) is 1. The fourth-order valence-electron chi connectivity index (χ4n) is 5.33. The third kappa shape index (κ3) is 2.65. The first-order valence-corrected chi connectivity index (χ1v) is 8.52. The van der Waals surface area contributed by atoms with Gasteiger partial charge in [0.2, 0.25) is 0 Å². The molecular formula is C17H32N2O2. The molecule has 3 fully saturated rings. The first-order valence-electron chi connectivity index (χ1n) is 8.52. The second kappa shape index (κ2) is 5.19. The van der Waals surface area contributed by atoms with Crippen molar-refractivity contribution in [2.75, 3.05) is 26.7 Å². The number of aliphatic hydroxyl groups excluding tert-OH is 1. The number of hydrogen-bond donors (Lipinski definition) is 2. The van der Waals surface area contributed by atoms with E-state index in [-0.39, 0.29) is 17.3 Å². The van der Waals surface area contributed by atoms with E-state index >= 15 is 0 Å². The van der Waals surface area contributed by atoms with Crippen LogP contribution in [-0.2, 0) is 4.74 Å². The van der Waals surface area contributed by atoms with Crippen LogP contribution in [-0.4, -0.2) is 60.0 Å². The van der Waals surface area contributed by atoms with Gasteiger partial charge in [-0.1, -0.05) is 0 Å². The summed E-state index contributed by atoms with van der Waals surface area (Å²) in [6.07, 6.45) is 2.14. The summed E-state index contributed by atoms with van der Waals surface area (Å²) in [5.74, 6) is 1.71. The Morgan fingerprint density at radius 2 is 1.86 bits per heavy atom. The number of rotatable bonds is 3. The maximum atomic E-state index is 10.1. The van der Waals surface area contributed by atoms with Gasteiger partial charge in [0.15, 0.2) is 0 Å². The summed E-state index contributed by atoms with van der Waals surface area (Å²) in [6, 6.07) is 0.373. The predicted octanol–water partition coefficient (Wildman–Crippen LogP) is 1.48. The molecule has 2 saturated heterocycles.